The van der Waals surface area contributed by atoms with E-state index in [9.17, 15) is 17.6 Å². The molecule has 0 aromatic heterocycles. The van der Waals surface area contributed by atoms with Crippen molar-refractivity contribution in [3.8, 4) is 5.75 Å². The molecule has 5 nitrogen and oxygen atoms in total. The Bertz CT molecular complexity index is 619. The third kappa shape index (κ3) is 2.82. The molecule has 1 aliphatic heterocycles. The van der Waals surface area contributed by atoms with Crippen molar-refractivity contribution < 1.29 is 22.3 Å². The number of nitrogens with zero attached hydrogens (tertiary/aromatic N) is 1. The average molecular weight is 308 g/mol. The smallest absolute Gasteiger partial charge is 0.237 e. The summed E-state index contributed by atoms with van der Waals surface area (Å²) in [6.07, 6.45) is -0.248. The normalized spacial score (nSPS) is 19.8. The molecule has 104 valence electrons. The van der Waals surface area contributed by atoms with Gasteiger partial charge in [-0.2, -0.15) is 0 Å². The van der Waals surface area contributed by atoms with E-state index in [1.54, 1.807) is 0 Å². The first kappa shape index (κ1) is 14.1. The minimum atomic E-state index is -3.85. The van der Waals surface area contributed by atoms with Gasteiger partial charge in [0, 0.05) is 29.7 Å². The number of carbonyl (C=O) groups is 1. The summed E-state index contributed by atoms with van der Waals surface area (Å²) in [5, 5.41) is -1.02. The van der Waals surface area contributed by atoms with Gasteiger partial charge in [0.2, 0.25) is 15.0 Å². The number of benzene rings is 1. The zero-order valence-electron chi connectivity index (χ0n) is 9.97. The van der Waals surface area contributed by atoms with E-state index in [4.69, 9.17) is 15.4 Å². The molecule has 1 heterocycles. The lowest BCUT2D eigenvalue weighted by Crippen LogP contribution is -2.27. The predicted octanol–water partition coefficient (Wildman–Crippen LogP) is 1.51. The van der Waals surface area contributed by atoms with Crippen molar-refractivity contribution in [1.29, 1.82) is 0 Å². The van der Waals surface area contributed by atoms with Crippen LogP contribution in [0.2, 0.25) is 0 Å². The molecule has 19 heavy (non-hydrogen) atoms. The SMILES string of the molecule is COc1ccc(F)c(N2CC(S(=O)(=O)Cl)CC2=O)c1. The summed E-state index contributed by atoms with van der Waals surface area (Å²) in [5.41, 5.74) is -0.00725. The molecule has 1 amide bonds. The van der Waals surface area contributed by atoms with Crippen molar-refractivity contribution in [2.45, 2.75) is 11.7 Å². The van der Waals surface area contributed by atoms with Crippen LogP contribution in [0.25, 0.3) is 0 Å². The summed E-state index contributed by atoms with van der Waals surface area (Å²) in [6.45, 7) is -0.158. The van der Waals surface area contributed by atoms with Gasteiger partial charge in [0.25, 0.3) is 0 Å². The van der Waals surface area contributed by atoms with Crippen LogP contribution in [-0.4, -0.2) is 33.2 Å². The van der Waals surface area contributed by atoms with Crippen molar-refractivity contribution in [3.05, 3.63) is 24.0 Å². The number of methoxy groups -OCH3 is 1. The zero-order valence-corrected chi connectivity index (χ0v) is 11.5. The number of anilines is 1. The lowest BCUT2D eigenvalue weighted by molar-refractivity contribution is -0.117. The fourth-order valence-corrected chi connectivity index (χ4v) is 2.95. The molecule has 1 aliphatic rings. The second-order valence-electron chi connectivity index (χ2n) is 4.12. The number of hydrogen-bond acceptors (Lipinski definition) is 4. The van der Waals surface area contributed by atoms with Gasteiger partial charge in [-0.05, 0) is 12.1 Å². The Kier molecular flexibility index (Phi) is 3.69. The van der Waals surface area contributed by atoms with Crippen molar-refractivity contribution in [2.24, 2.45) is 0 Å². The monoisotopic (exact) mass is 307 g/mol. The molecular formula is C11H11ClFNO4S. The van der Waals surface area contributed by atoms with Crippen molar-refractivity contribution in [2.75, 3.05) is 18.6 Å². The Morgan fingerprint density at radius 2 is 2.16 bits per heavy atom. The molecule has 1 aromatic carbocycles. The van der Waals surface area contributed by atoms with Gasteiger partial charge >= 0.3 is 0 Å². The van der Waals surface area contributed by atoms with E-state index in [2.05, 4.69) is 0 Å². The van der Waals surface area contributed by atoms with Crippen LogP contribution in [0.1, 0.15) is 6.42 Å². The highest BCUT2D eigenvalue weighted by atomic mass is 35.7. The molecular weight excluding hydrogens is 297 g/mol. The fraction of sp³-hybridized carbons (Fsp3) is 0.364. The van der Waals surface area contributed by atoms with E-state index in [-0.39, 0.29) is 18.7 Å². The van der Waals surface area contributed by atoms with Gasteiger partial charge in [-0.25, -0.2) is 12.8 Å². The predicted molar refractivity (Wildman–Crippen MR) is 68.5 cm³/mol. The van der Waals surface area contributed by atoms with Crippen LogP contribution < -0.4 is 9.64 Å². The third-order valence-corrected chi connectivity index (χ3v) is 4.80. The maximum absolute atomic E-state index is 13.7. The summed E-state index contributed by atoms with van der Waals surface area (Å²) >= 11 is 0. The molecule has 2 rings (SSSR count). The van der Waals surface area contributed by atoms with Gasteiger partial charge in [0.1, 0.15) is 16.8 Å². The minimum absolute atomic E-state index is 0.00725. The van der Waals surface area contributed by atoms with E-state index in [1.165, 1.54) is 19.2 Å². The molecule has 0 spiro atoms. The number of hydrogen-bond donors (Lipinski definition) is 0. The first-order valence-corrected chi connectivity index (χ1v) is 7.77. The van der Waals surface area contributed by atoms with Crippen molar-refractivity contribution in [1.82, 2.24) is 0 Å². The summed E-state index contributed by atoms with van der Waals surface area (Å²) < 4.78 is 41.1. The summed E-state index contributed by atoms with van der Waals surface area (Å²) in [4.78, 5) is 12.9. The van der Waals surface area contributed by atoms with E-state index in [0.717, 1.165) is 11.0 Å². The van der Waals surface area contributed by atoms with Gasteiger partial charge in [0.05, 0.1) is 12.8 Å². The highest BCUT2D eigenvalue weighted by Gasteiger charge is 2.38. The molecule has 0 aliphatic carbocycles. The molecule has 0 radical (unpaired) electrons. The second kappa shape index (κ2) is 4.97. The van der Waals surface area contributed by atoms with Crippen LogP contribution in [0.15, 0.2) is 18.2 Å². The minimum Gasteiger partial charge on any atom is -0.497 e. The second-order valence-corrected chi connectivity index (χ2v) is 7.03. The molecule has 0 bridgehead atoms. The van der Waals surface area contributed by atoms with Gasteiger partial charge in [0.15, 0.2) is 0 Å². The Hall–Kier alpha value is -1.34. The third-order valence-electron chi connectivity index (χ3n) is 2.93. The van der Waals surface area contributed by atoms with Crippen LogP contribution in [0.3, 0.4) is 0 Å². The van der Waals surface area contributed by atoms with Crippen molar-refractivity contribution >= 4 is 31.3 Å². The number of rotatable bonds is 3. The lowest BCUT2D eigenvalue weighted by Gasteiger charge is -2.17. The Balaban J connectivity index is 2.35. The number of carbonyl (C=O) groups excluding carboxylic acids is 1. The van der Waals surface area contributed by atoms with Gasteiger partial charge in [-0.3, -0.25) is 4.79 Å². The lowest BCUT2D eigenvalue weighted by atomic mass is 10.2. The number of ether oxygens (including phenoxy) is 1. The van der Waals surface area contributed by atoms with Gasteiger partial charge < -0.3 is 9.64 Å². The first-order chi connectivity index (χ1) is 8.82. The van der Waals surface area contributed by atoms with E-state index in [0.29, 0.717) is 5.75 Å². The molecule has 1 atom stereocenters. The zero-order chi connectivity index (χ0) is 14.2. The van der Waals surface area contributed by atoms with E-state index in [1.807, 2.05) is 0 Å². The molecule has 0 saturated carbocycles. The molecule has 1 unspecified atom stereocenters. The molecule has 1 aromatic rings. The first-order valence-electron chi connectivity index (χ1n) is 5.40. The van der Waals surface area contributed by atoms with Crippen LogP contribution in [-0.2, 0) is 13.8 Å². The Morgan fingerprint density at radius 3 is 2.68 bits per heavy atom. The summed E-state index contributed by atoms with van der Waals surface area (Å²) in [6, 6.07) is 3.91. The molecule has 1 fully saturated rings. The fourth-order valence-electron chi connectivity index (χ4n) is 1.92. The standard InChI is InChI=1S/C11H11ClFNO4S/c1-18-7-2-3-9(13)10(4-7)14-6-8(5-11(14)15)19(12,16)17/h2-4,8H,5-6H2,1H3. The number of halogens is 2. The highest BCUT2D eigenvalue weighted by molar-refractivity contribution is 8.14. The Labute approximate surface area is 114 Å². The molecule has 0 N–H and O–H groups in total. The van der Waals surface area contributed by atoms with E-state index >= 15 is 0 Å². The summed E-state index contributed by atoms with van der Waals surface area (Å²) in [5.74, 6) is -0.732. The van der Waals surface area contributed by atoms with E-state index < -0.39 is 26.0 Å². The van der Waals surface area contributed by atoms with Gasteiger partial charge in [-0.1, -0.05) is 0 Å². The Morgan fingerprint density at radius 1 is 1.47 bits per heavy atom. The largest absolute Gasteiger partial charge is 0.497 e. The molecule has 8 heteroatoms. The van der Waals surface area contributed by atoms with Crippen LogP contribution >= 0.6 is 10.7 Å². The average Bonchev–Trinajstić information content (AvgIpc) is 2.72. The van der Waals surface area contributed by atoms with Crippen LogP contribution in [0.5, 0.6) is 5.75 Å². The van der Waals surface area contributed by atoms with Crippen LogP contribution in [0.4, 0.5) is 10.1 Å². The molecule has 1 saturated heterocycles. The maximum Gasteiger partial charge on any atom is 0.237 e. The van der Waals surface area contributed by atoms with Gasteiger partial charge in [-0.15, -0.1) is 0 Å². The topological polar surface area (TPSA) is 63.7 Å². The van der Waals surface area contributed by atoms with Crippen molar-refractivity contribution in [3.63, 3.8) is 0 Å². The maximum atomic E-state index is 13.7. The quantitative estimate of drug-likeness (QED) is 0.794. The van der Waals surface area contributed by atoms with Crippen LogP contribution in [0, 0.1) is 5.82 Å². The highest BCUT2D eigenvalue weighted by Crippen LogP contribution is 2.31. The summed E-state index contributed by atoms with van der Waals surface area (Å²) in [7, 11) is 2.79. The number of amides is 1.